The molecule has 7 heteroatoms. The zero-order valence-corrected chi connectivity index (χ0v) is 14.8. The van der Waals surface area contributed by atoms with Crippen LogP contribution in [0.1, 0.15) is 38.7 Å². The number of carbonyl (C=O) groups is 2. The topological polar surface area (TPSA) is 64.6 Å². The number of benzene rings is 1. The maximum atomic E-state index is 13.8. The monoisotopic (exact) mass is 357 g/mol. The molecule has 1 aromatic carbocycles. The fourth-order valence-corrected chi connectivity index (χ4v) is 2.35. The third-order valence-electron chi connectivity index (χ3n) is 3.50. The van der Waals surface area contributed by atoms with Gasteiger partial charge in [0.1, 0.15) is 12.6 Å². The van der Waals surface area contributed by atoms with Gasteiger partial charge in [0.2, 0.25) is 5.92 Å². The maximum Gasteiger partial charge on any atom is 0.408 e. The van der Waals surface area contributed by atoms with Gasteiger partial charge in [0.15, 0.2) is 0 Å². The molecule has 0 saturated carbocycles. The number of halogens is 2. The van der Waals surface area contributed by atoms with Crippen molar-refractivity contribution < 1.29 is 27.8 Å². The Morgan fingerprint density at radius 2 is 1.84 bits per heavy atom. The number of amides is 1. The molecule has 1 aromatic rings. The van der Waals surface area contributed by atoms with Gasteiger partial charge in [0, 0.05) is 12.8 Å². The minimum atomic E-state index is -2.91. The summed E-state index contributed by atoms with van der Waals surface area (Å²) in [5, 5.41) is 2.29. The molecule has 0 aliphatic heterocycles. The summed E-state index contributed by atoms with van der Waals surface area (Å²) in [5.74, 6) is -3.86. The lowest BCUT2D eigenvalue weighted by atomic mass is 9.99. The number of alkyl carbamates (subject to hydrolysis) is 1. The highest BCUT2D eigenvalue weighted by molar-refractivity contribution is 5.81. The lowest BCUT2D eigenvalue weighted by Crippen LogP contribution is -2.42. The first-order valence-electron chi connectivity index (χ1n) is 8.16. The van der Waals surface area contributed by atoms with E-state index < -0.39 is 30.4 Å². The Bertz CT molecular complexity index is 549. The summed E-state index contributed by atoms with van der Waals surface area (Å²) < 4.78 is 37.2. The van der Waals surface area contributed by atoms with E-state index in [0.29, 0.717) is 0 Å². The van der Waals surface area contributed by atoms with E-state index in [2.05, 4.69) is 10.1 Å². The second kappa shape index (κ2) is 9.96. The van der Waals surface area contributed by atoms with Gasteiger partial charge in [-0.05, 0) is 17.9 Å². The first-order valence-corrected chi connectivity index (χ1v) is 8.16. The molecule has 1 rings (SSSR count). The molecule has 1 N–H and O–H groups in total. The molecule has 0 aliphatic carbocycles. The van der Waals surface area contributed by atoms with Gasteiger partial charge >= 0.3 is 12.1 Å². The average molecular weight is 357 g/mol. The summed E-state index contributed by atoms with van der Waals surface area (Å²) in [6.07, 6.45) is -1.89. The summed E-state index contributed by atoms with van der Waals surface area (Å²) in [5.41, 5.74) is 0.774. The number of ether oxygens (including phenoxy) is 2. The van der Waals surface area contributed by atoms with Crippen molar-refractivity contribution >= 4 is 12.1 Å². The molecule has 1 atom stereocenters. The minimum Gasteiger partial charge on any atom is -0.467 e. The quantitative estimate of drug-likeness (QED) is 0.681. The van der Waals surface area contributed by atoms with Gasteiger partial charge in [-0.25, -0.2) is 18.4 Å². The highest BCUT2D eigenvalue weighted by atomic mass is 19.3. The number of nitrogens with one attached hydrogen (secondary N) is 1. The Morgan fingerprint density at radius 1 is 1.20 bits per heavy atom. The van der Waals surface area contributed by atoms with E-state index in [-0.39, 0.29) is 25.4 Å². The van der Waals surface area contributed by atoms with Crippen molar-refractivity contribution in [3.63, 3.8) is 0 Å². The number of rotatable bonds is 9. The fraction of sp³-hybridized carbons (Fsp3) is 0.556. The summed E-state index contributed by atoms with van der Waals surface area (Å²) in [4.78, 5) is 23.5. The largest absolute Gasteiger partial charge is 0.467 e. The van der Waals surface area contributed by atoms with E-state index in [1.54, 1.807) is 38.1 Å². The van der Waals surface area contributed by atoms with Crippen LogP contribution in [-0.4, -0.2) is 31.1 Å². The number of methoxy groups -OCH3 is 1. The van der Waals surface area contributed by atoms with E-state index >= 15 is 0 Å². The van der Waals surface area contributed by atoms with Gasteiger partial charge in [0.25, 0.3) is 0 Å². The Labute approximate surface area is 146 Å². The molecule has 0 saturated heterocycles. The molecule has 1 amide bonds. The summed E-state index contributed by atoms with van der Waals surface area (Å²) in [6.45, 7) is 3.42. The van der Waals surface area contributed by atoms with Crippen LogP contribution in [-0.2, 0) is 20.9 Å². The number of alkyl halides is 2. The molecule has 0 spiro atoms. The lowest BCUT2D eigenvalue weighted by molar-refractivity contribution is -0.143. The molecule has 25 heavy (non-hydrogen) atoms. The van der Waals surface area contributed by atoms with Crippen molar-refractivity contribution in [3.05, 3.63) is 35.9 Å². The van der Waals surface area contributed by atoms with E-state index in [4.69, 9.17) is 4.74 Å². The standard InChI is InChI=1S/C18H25F2NO4/c1-13(2)11-18(19,20)10-9-15(16(22)24-3)21-17(23)25-12-14-7-5-4-6-8-14/h4-8,13,15H,9-12H2,1-3H3,(H,21,23). The highest BCUT2D eigenvalue weighted by Gasteiger charge is 2.33. The van der Waals surface area contributed by atoms with Gasteiger partial charge < -0.3 is 14.8 Å². The van der Waals surface area contributed by atoms with E-state index in [1.807, 2.05) is 6.07 Å². The molecule has 140 valence electrons. The van der Waals surface area contributed by atoms with E-state index in [1.165, 1.54) is 0 Å². The molecule has 1 unspecified atom stereocenters. The van der Waals surface area contributed by atoms with Crippen molar-refractivity contribution in [2.45, 2.75) is 51.7 Å². The Hall–Kier alpha value is -2.18. The highest BCUT2D eigenvalue weighted by Crippen LogP contribution is 2.29. The fourth-order valence-electron chi connectivity index (χ4n) is 2.35. The maximum absolute atomic E-state index is 13.8. The molecular weight excluding hydrogens is 332 g/mol. The SMILES string of the molecule is COC(=O)C(CCC(F)(F)CC(C)C)NC(=O)OCc1ccccc1. The van der Waals surface area contributed by atoms with Crippen LogP contribution in [0.2, 0.25) is 0 Å². The Kier molecular flexibility index (Phi) is 8.31. The molecule has 0 bridgehead atoms. The third kappa shape index (κ3) is 8.47. The normalized spacial score (nSPS) is 12.6. The van der Waals surface area contributed by atoms with Crippen molar-refractivity contribution in [1.29, 1.82) is 0 Å². The Balaban J connectivity index is 2.54. The second-order valence-electron chi connectivity index (χ2n) is 6.27. The molecule has 5 nitrogen and oxygen atoms in total. The van der Waals surface area contributed by atoms with E-state index in [9.17, 15) is 18.4 Å². The van der Waals surface area contributed by atoms with Crippen molar-refractivity contribution in [2.75, 3.05) is 7.11 Å². The summed E-state index contributed by atoms with van der Waals surface area (Å²) >= 11 is 0. The Morgan fingerprint density at radius 3 is 2.40 bits per heavy atom. The minimum absolute atomic E-state index is 0.0179. The van der Waals surface area contributed by atoms with Crippen LogP contribution < -0.4 is 5.32 Å². The predicted molar refractivity (Wildman–Crippen MR) is 89.2 cm³/mol. The molecule has 0 aromatic heterocycles. The smallest absolute Gasteiger partial charge is 0.408 e. The van der Waals surface area contributed by atoms with E-state index in [0.717, 1.165) is 12.7 Å². The molecule has 0 heterocycles. The van der Waals surface area contributed by atoms with Crippen LogP contribution in [0, 0.1) is 5.92 Å². The average Bonchev–Trinajstić information content (AvgIpc) is 2.55. The second-order valence-corrected chi connectivity index (χ2v) is 6.27. The predicted octanol–water partition coefficient (Wildman–Crippen LogP) is 3.92. The molecule has 0 aliphatic rings. The molecule has 0 radical (unpaired) electrons. The molecular formula is C18H25F2NO4. The zero-order valence-electron chi connectivity index (χ0n) is 14.8. The molecule has 0 fully saturated rings. The van der Waals surface area contributed by atoms with Gasteiger partial charge in [-0.3, -0.25) is 0 Å². The van der Waals surface area contributed by atoms with Crippen molar-refractivity contribution in [2.24, 2.45) is 5.92 Å². The number of carbonyl (C=O) groups excluding carboxylic acids is 2. The van der Waals surface area contributed by atoms with Crippen LogP contribution in [0.5, 0.6) is 0 Å². The van der Waals surface area contributed by atoms with Crippen LogP contribution in [0.3, 0.4) is 0 Å². The first kappa shape index (κ1) is 20.9. The van der Waals surface area contributed by atoms with Crippen LogP contribution in [0.4, 0.5) is 13.6 Å². The van der Waals surface area contributed by atoms with Crippen molar-refractivity contribution in [3.8, 4) is 0 Å². The van der Waals surface area contributed by atoms with Gasteiger partial charge in [-0.15, -0.1) is 0 Å². The zero-order chi connectivity index (χ0) is 18.9. The van der Waals surface area contributed by atoms with Gasteiger partial charge in [0.05, 0.1) is 7.11 Å². The number of hydrogen-bond acceptors (Lipinski definition) is 4. The first-order chi connectivity index (χ1) is 11.7. The summed E-state index contributed by atoms with van der Waals surface area (Å²) in [6, 6.07) is 7.80. The number of hydrogen-bond donors (Lipinski definition) is 1. The van der Waals surface area contributed by atoms with Crippen molar-refractivity contribution in [1.82, 2.24) is 5.32 Å². The van der Waals surface area contributed by atoms with Crippen LogP contribution in [0.25, 0.3) is 0 Å². The van der Waals surface area contributed by atoms with Crippen LogP contribution in [0.15, 0.2) is 30.3 Å². The van der Waals surface area contributed by atoms with Gasteiger partial charge in [-0.2, -0.15) is 0 Å². The lowest BCUT2D eigenvalue weighted by Gasteiger charge is -2.21. The summed E-state index contributed by atoms with van der Waals surface area (Å²) in [7, 11) is 1.14. The third-order valence-corrected chi connectivity index (χ3v) is 3.50. The van der Waals surface area contributed by atoms with Gasteiger partial charge in [-0.1, -0.05) is 44.2 Å². The number of esters is 1. The van der Waals surface area contributed by atoms with Crippen LogP contribution >= 0.6 is 0 Å².